The third-order valence-corrected chi connectivity index (χ3v) is 5.27. The third-order valence-electron chi connectivity index (χ3n) is 5.27. The average Bonchev–Trinajstić information content (AvgIpc) is 2.40. The van der Waals surface area contributed by atoms with Crippen molar-refractivity contribution in [2.75, 3.05) is 7.11 Å². The fraction of sp³-hybridized carbons (Fsp3) is 0.684. The van der Waals surface area contributed by atoms with Gasteiger partial charge in [0.15, 0.2) is 0 Å². The number of aryl methyl sites for hydroxylation is 1. The molecular weight excluding hydrogens is 260 g/mol. The molecule has 0 aromatic heterocycles. The van der Waals surface area contributed by atoms with Crippen LogP contribution in [-0.2, 0) is 5.60 Å². The molecule has 1 aromatic carbocycles. The first-order valence-corrected chi connectivity index (χ1v) is 8.09. The zero-order chi connectivity index (χ0) is 15.8. The van der Waals surface area contributed by atoms with Crippen LogP contribution in [0.4, 0.5) is 0 Å². The molecule has 0 amide bonds. The summed E-state index contributed by atoms with van der Waals surface area (Å²) in [5, 5.41) is 11.6. The van der Waals surface area contributed by atoms with E-state index in [4.69, 9.17) is 4.74 Å². The lowest BCUT2D eigenvalue weighted by molar-refractivity contribution is -0.0971. The van der Waals surface area contributed by atoms with Gasteiger partial charge in [0.2, 0.25) is 0 Å². The van der Waals surface area contributed by atoms with Crippen LogP contribution >= 0.6 is 0 Å². The summed E-state index contributed by atoms with van der Waals surface area (Å²) in [5.41, 5.74) is 2.64. The molecule has 2 atom stereocenters. The van der Waals surface area contributed by atoms with Gasteiger partial charge in [-0.05, 0) is 49.1 Å². The van der Waals surface area contributed by atoms with Gasteiger partial charge >= 0.3 is 0 Å². The van der Waals surface area contributed by atoms with Gasteiger partial charge in [-0.15, -0.1) is 0 Å². The predicted octanol–water partition coefficient (Wildman–Crippen LogP) is 4.74. The zero-order valence-electron chi connectivity index (χ0n) is 14.4. The molecule has 0 heterocycles. The maximum Gasteiger partial charge on any atom is 0.128 e. The van der Waals surface area contributed by atoms with Crippen LogP contribution in [0, 0.1) is 25.2 Å². The van der Waals surface area contributed by atoms with E-state index in [0.29, 0.717) is 0 Å². The lowest BCUT2D eigenvalue weighted by Gasteiger charge is -2.47. The van der Waals surface area contributed by atoms with Crippen LogP contribution in [0.25, 0.3) is 0 Å². The molecule has 2 rings (SSSR count). The molecule has 2 heteroatoms. The molecule has 0 spiro atoms. The van der Waals surface area contributed by atoms with Crippen LogP contribution in [0.15, 0.2) is 12.1 Å². The van der Waals surface area contributed by atoms with E-state index in [-0.39, 0.29) is 11.3 Å². The molecule has 1 aliphatic carbocycles. The minimum absolute atomic E-state index is 0.0823. The number of rotatable bonds is 2. The minimum atomic E-state index is -0.777. The quantitative estimate of drug-likeness (QED) is 0.852. The van der Waals surface area contributed by atoms with E-state index in [0.717, 1.165) is 36.1 Å². The Labute approximate surface area is 129 Å². The lowest BCUT2D eigenvalue weighted by Crippen LogP contribution is -2.44. The Balaban J connectivity index is 2.59. The summed E-state index contributed by atoms with van der Waals surface area (Å²) in [4.78, 5) is 0. The summed E-state index contributed by atoms with van der Waals surface area (Å²) >= 11 is 0. The van der Waals surface area contributed by atoms with Gasteiger partial charge in [-0.1, -0.05) is 45.7 Å². The fourth-order valence-corrected chi connectivity index (χ4v) is 4.02. The third kappa shape index (κ3) is 2.83. The summed E-state index contributed by atoms with van der Waals surface area (Å²) in [5.74, 6) is 1.13. The van der Waals surface area contributed by atoms with Crippen molar-refractivity contribution in [1.29, 1.82) is 0 Å². The number of ether oxygens (including phenoxy) is 1. The molecule has 0 bridgehead atoms. The van der Waals surface area contributed by atoms with Crippen molar-refractivity contribution in [3.05, 3.63) is 28.8 Å². The zero-order valence-corrected chi connectivity index (χ0v) is 14.4. The Morgan fingerprint density at radius 2 is 1.86 bits per heavy atom. The fourth-order valence-electron chi connectivity index (χ4n) is 4.02. The Morgan fingerprint density at radius 1 is 1.19 bits per heavy atom. The second-order valence-electron chi connectivity index (χ2n) is 7.68. The standard InChI is InChI=1S/C19H30O2/c1-13-10-11-15(17(21-6)14(13)2)19(20)12-8-7-9-16(19)18(3,4)5/h10-11,16,20H,7-9,12H2,1-6H3. The van der Waals surface area contributed by atoms with Crippen molar-refractivity contribution in [3.63, 3.8) is 0 Å². The molecule has 118 valence electrons. The summed E-state index contributed by atoms with van der Waals surface area (Å²) in [6.07, 6.45) is 4.19. The molecule has 21 heavy (non-hydrogen) atoms. The van der Waals surface area contributed by atoms with Crippen LogP contribution in [-0.4, -0.2) is 12.2 Å². The van der Waals surface area contributed by atoms with Gasteiger partial charge in [0.25, 0.3) is 0 Å². The average molecular weight is 290 g/mol. The molecule has 0 aliphatic heterocycles. The van der Waals surface area contributed by atoms with Crippen molar-refractivity contribution in [1.82, 2.24) is 0 Å². The van der Waals surface area contributed by atoms with Crippen LogP contribution in [0.1, 0.15) is 63.1 Å². The van der Waals surface area contributed by atoms with Gasteiger partial charge in [-0.2, -0.15) is 0 Å². The Morgan fingerprint density at radius 3 is 2.43 bits per heavy atom. The van der Waals surface area contributed by atoms with Crippen LogP contribution in [0.2, 0.25) is 0 Å². The Hall–Kier alpha value is -1.02. The van der Waals surface area contributed by atoms with E-state index in [1.54, 1.807) is 7.11 Å². The van der Waals surface area contributed by atoms with E-state index >= 15 is 0 Å². The second-order valence-corrected chi connectivity index (χ2v) is 7.68. The smallest absolute Gasteiger partial charge is 0.128 e. The number of methoxy groups -OCH3 is 1. The summed E-state index contributed by atoms with van der Waals surface area (Å²) in [6.45, 7) is 10.9. The highest BCUT2D eigenvalue weighted by Gasteiger charge is 2.47. The summed E-state index contributed by atoms with van der Waals surface area (Å²) in [7, 11) is 1.71. The molecule has 1 fully saturated rings. The lowest BCUT2D eigenvalue weighted by atomic mass is 9.61. The first-order valence-electron chi connectivity index (χ1n) is 8.09. The highest BCUT2D eigenvalue weighted by molar-refractivity contribution is 5.48. The van der Waals surface area contributed by atoms with Gasteiger partial charge in [0.05, 0.1) is 12.7 Å². The monoisotopic (exact) mass is 290 g/mol. The van der Waals surface area contributed by atoms with Crippen LogP contribution in [0.3, 0.4) is 0 Å². The molecule has 1 aromatic rings. The predicted molar refractivity (Wildman–Crippen MR) is 87.8 cm³/mol. The minimum Gasteiger partial charge on any atom is -0.496 e. The van der Waals surface area contributed by atoms with Crippen molar-refractivity contribution < 1.29 is 9.84 Å². The first-order chi connectivity index (χ1) is 9.71. The number of hydrogen-bond donors (Lipinski definition) is 1. The van der Waals surface area contributed by atoms with Gasteiger partial charge in [0, 0.05) is 5.56 Å². The largest absolute Gasteiger partial charge is 0.496 e. The van der Waals surface area contributed by atoms with Crippen LogP contribution in [0.5, 0.6) is 5.75 Å². The summed E-state index contributed by atoms with van der Waals surface area (Å²) < 4.78 is 5.68. The van der Waals surface area contributed by atoms with Crippen molar-refractivity contribution >= 4 is 0 Å². The van der Waals surface area contributed by atoms with E-state index in [2.05, 4.69) is 46.8 Å². The van der Waals surface area contributed by atoms with E-state index in [9.17, 15) is 5.11 Å². The molecular formula is C19H30O2. The van der Waals surface area contributed by atoms with Crippen LogP contribution < -0.4 is 4.74 Å². The Bertz CT molecular complexity index is 513. The molecule has 0 radical (unpaired) electrons. The van der Waals surface area contributed by atoms with Gasteiger partial charge in [-0.3, -0.25) is 0 Å². The Kier molecular flexibility index (Phi) is 4.39. The van der Waals surface area contributed by atoms with Gasteiger partial charge < -0.3 is 9.84 Å². The van der Waals surface area contributed by atoms with Crippen molar-refractivity contribution in [3.8, 4) is 5.75 Å². The molecule has 1 saturated carbocycles. The molecule has 2 nitrogen and oxygen atoms in total. The maximum absolute atomic E-state index is 11.6. The number of hydrogen-bond acceptors (Lipinski definition) is 2. The van der Waals surface area contributed by atoms with Crippen molar-refractivity contribution in [2.45, 2.75) is 65.9 Å². The number of aliphatic hydroxyl groups is 1. The molecule has 2 unspecified atom stereocenters. The normalized spacial score (nSPS) is 26.7. The summed E-state index contributed by atoms with van der Waals surface area (Å²) in [6, 6.07) is 4.19. The SMILES string of the molecule is COc1c(C2(O)CCCCC2C(C)(C)C)ccc(C)c1C. The second kappa shape index (κ2) is 5.64. The van der Waals surface area contributed by atoms with Gasteiger partial charge in [-0.25, -0.2) is 0 Å². The van der Waals surface area contributed by atoms with E-state index < -0.39 is 5.60 Å². The topological polar surface area (TPSA) is 29.5 Å². The van der Waals surface area contributed by atoms with E-state index in [1.165, 1.54) is 12.0 Å². The molecule has 0 saturated heterocycles. The molecule has 1 N–H and O–H groups in total. The maximum atomic E-state index is 11.6. The van der Waals surface area contributed by atoms with E-state index in [1.807, 2.05) is 0 Å². The molecule has 1 aliphatic rings. The highest BCUT2D eigenvalue weighted by atomic mass is 16.5. The first kappa shape index (κ1) is 16.4. The highest BCUT2D eigenvalue weighted by Crippen LogP contribution is 2.52. The van der Waals surface area contributed by atoms with Crippen molar-refractivity contribution in [2.24, 2.45) is 11.3 Å². The number of benzene rings is 1. The van der Waals surface area contributed by atoms with Gasteiger partial charge in [0.1, 0.15) is 5.75 Å².